The van der Waals surface area contributed by atoms with E-state index in [0.717, 1.165) is 24.5 Å². The molecule has 112 valence electrons. The molecule has 1 N–H and O–H groups in total. The normalized spacial score (nSPS) is 28.1. The van der Waals surface area contributed by atoms with Crippen LogP contribution in [0.1, 0.15) is 66.2 Å². The van der Waals surface area contributed by atoms with E-state index in [-0.39, 0.29) is 0 Å². The summed E-state index contributed by atoms with van der Waals surface area (Å²) in [5, 5.41) is 3.80. The minimum Gasteiger partial charge on any atom is -0.312 e. The minimum absolute atomic E-state index is 0.403. The van der Waals surface area contributed by atoms with Crippen molar-refractivity contribution in [1.29, 1.82) is 0 Å². The molecule has 1 aliphatic carbocycles. The SMILES string of the molecule is CCC(C1CCC1)N1CCCC(NCC(C)(C)C)C1. The second-order valence-electron chi connectivity index (χ2n) is 7.94. The molecule has 0 radical (unpaired) electrons. The predicted molar refractivity (Wildman–Crippen MR) is 83.5 cm³/mol. The Balaban J connectivity index is 1.82. The standard InChI is InChI=1S/C17H34N2/c1-5-16(14-8-6-9-14)19-11-7-10-15(12-19)18-13-17(2,3)4/h14-16,18H,5-13H2,1-4H3. The molecule has 0 spiro atoms. The third-order valence-electron chi connectivity index (χ3n) is 4.96. The Kier molecular flexibility index (Phi) is 5.30. The summed E-state index contributed by atoms with van der Waals surface area (Å²) in [4.78, 5) is 2.80. The Hall–Kier alpha value is -0.0800. The molecular weight excluding hydrogens is 232 g/mol. The molecule has 2 unspecified atom stereocenters. The van der Waals surface area contributed by atoms with E-state index in [4.69, 9.17) is 0 Å². The average Bonchev–Trinajstić information content (AvgIpc) is 2.30. The first-order valence-corrected chi connectivity index (χ1v) is 8.47. The second-order valence-corrected chi connectivity index (χ2v) is 7.94. The summed E-state index contributed by atoms with van der Waals surface area (Å²) in [7, 11) is 0. The molecule has 2 rings (SSSR count). The molecule has 2 fully saturated rings. The van der Waals surface area contributed by atoms with Crippen LogP contribution >= 0.6 is 0 Å². The van der Waals surface area contributed by atoms with Crippen molar-refractivity contribution >= 4 is 0 Å². The van der Waals surface area contributed by atoms with Crippen LogP contribution in [0.2, 0.25) is 0 Å². The van der Waals surface area contributed by atoms with Crippen LogP contribution in [0.4, 0.5) is 0 Å². The van der Waals surface area contributed by atoms with Gasteiger partial charge in [-0.1, -0.05) is 34.1 Å². The average molecular weight is 266 g/mol. The number of likely N-dealkylation sites (tertiary alicyclic amines) is 1. The lowest BCUT2D eigenvalue weighted by molar-refractivity contribution is 0.0613. The van der Waals surface area contributed by atoms with Crippen molar-refractivity contribution in [2.45, 2.75) is 78.3 Å². The molecule has 0 aromatic heterocycles. The first kappa shape index (κ1) is 15.3. The highest BCUT2D eigenvalue weighted by Crippen LogP contribution is 2.34. The van der Waals surface area contributed by atoms with Crippen LogP contribution < -0.4 is 5.32 Å². The summed E-state index contributed by atoms with van der Waals surface area (Å²) in [6, 6.07) is 1.59. The molecule has 0 aromatic carbocycles. The maximum Gasteiger partial charge on any atom is 0.0195 e. The fraction of sp³-hybridized carbons (Fsp3) is 1.00. The van der Waals surface area contributed by atoms with E-state index in [1.165, 1.54) is 51.6 Å². The Bertz CT molecular complexity index is 265. The molecule has 1 saturated heterocycles. The van der Waals surface area contributed by atoms with Gasteiger partial charge in [0.05, 0.1) is 0 Å². The summed E-state index contributed by atoms with van der Waals surface area (Å²) >= 11 is 0. The van der Waals surface area contributed by atoms with Gasteiger partial charge >= 0.3 is 0 Å². The van der Waals surface area contributed by atoms with Crippen LogP contribution in [0.15, 0.2) is 0 Å². The van der Waals surface area contributed by atoms with E-state index < -0.39 is 0 Å². The maximum atomic E-state index is 3.80. The zero-order chi connectivity index (χ0) is 13.9. The Morgan fingerprint density at radius 3 is 2.42 bits per heavy atom. The van der Waals surface area contributed by atoms with Gasteiger partial charge in [-0.2, -0.15) is 0 Å². The van der Waals surface area contributed by atoms with E-state index in [2.05, 4.69) is 37.9 Å². The Morgan fingerprint density at radius 1 is 1.16 bits per heavy atom. The molecule has 0 amide bonds. The molecule has 2 heteroatoms. The van der Waals surface area contributed by atoms with Gasteiger partial charge in [0, 0.05) is 25.2 Å². The van der Waals surface area contributed by atoms with Crippen molar-refractivity contribution in [2.24, 2.45) is 11.3 Å². The Morgan fingerprint density at radius 2 is 1.89 bits per heavy atom. The number of nitrogens with one attached hydrogen (secondary N) is 1. The number of hydrogen-bond donors (Lipinski definition) is 1. The van der Waals surface area contributed by atoms with E-state index in [9.17, 15) is 0 Å². The molecule has 2 nitrogen and oxygen atoms in total. The summed E-state index contributed by atoms with van der Waals surface area (Å²) in [6.07, 6.45) is 8.53. The number of hydrogen-bond acceptors (Lipinski definition) is 2. The molecule has 1 heterocycles. The van der Waals surface area contributed by atoms with Crippen LogP contribution in [0.25, 0.3) is 0 Å². The van der Waals surface area contributed by atoms with Gasteiger partial charge < -0.3 is 5.32 Å². The number of rotatable bonds is 5. The van der Waals surface area contributed by atoms with Crippen molar-refractivity contribution in [3.8, 4) is 0 Å². The van der Waals surface area contributed by atoms with E-state index in [0.29, 0.717) is 5.41 Å². The lowest BCUT2D eigenvalue weighted by Crippen LogP contribution is -2.53. The first-order chi connectivity index (χ1) is 8.99. The fourth-order valence-corrected chi connectivity index (χ4v) is 3.64. The van der Waals surface area contributed by atoms with Gasteiger partial charge in [0.15, 0.2) is 0 Å². The predicted octanol–water partition coefficient (Wildman–Crippen LogP) is 3.67. The molecule has 0 aromatic rings. The van der Waals surface area contributed by atoms with Gasteiger partial charge in [-0.15, -0.1) is 0 Å². The van der Waals surface area contributed by atoms with Gasteiger partial charge in [0.1, 0.15) is 0 Å². The van der Waals surface area contributed by atoms with E-state index >= 15 is 0 Å². The van der Waals surface area contributed by atoms with Gasteiger partial charge in [0.2, 0.25) is 0 Å². The number of nitrogens with zero attached hydrogens (tertiary/aromatic N) is 1. The highest BCUT2D eigenvalue weighted by atomic mass is 15.2. The van der Waals surface area contributed by atoms with Crippen molar-refractivity contribution in [3.05, 3.63) is 0 Å². The second kappa shape index (κ2) is 6.58. The number of piperidine rings is 1. The third-order valence-corrected chi connectivity index (χ3v) is 4.96. The van der Waals surface area contributed by atoms with E-state index in [1.54, 1.807) is 0 Å². The molecule has 2 aliphatic rings. The van der Waals surface area contributed by atoms with Gasteiger partial charge in [-0.05, 0) is 50.0 Å². The van der Waals surface area contributed by atoms with Crippen molar-refractivity contribution < 1.29 is 0 Å². The highest BCUT2D eigenvalue weighted by molar-refractivity contribution is 4.89. The smallest absolute Gasteiger partial charge is 0.0195 e. The van der Waals surface area contributed by atoms with Gasteiger partial charge in [0.25, 0.3) is 0 Å². The zero-order valence-electron chi connectivity index (χ0n) is 13.5. The molecule has 0 bridgehead atoms. The van der Waals surface area contributed by atoms with Crippen LogP contribution in [0, 0.1) is 11.3 Å². The van der Waals surface area contributed by atoms with Gasteiger partial charge in [-0.3, -0.25) is 4.90 Å². The molecule has 1 saturated carbocycles. The lowest BCUT2D eigenvalue weighted by atomic mass is 9.77. The molecule has 1 aliphatic heterocycles. The van der Waals surface area contributed by atoms with Crippen LogP contribution in [0.5, 0.6) is 0 Å². The topological polar surface area (TPSA) is 15.3 Å². The molecular formula is C17H34N2. The van der Waals surface area contributed by atoms with Crippen molar-refractivity contribution in [2.75, 3.05) is 19.6 Å². The van der Waals surface area contributed by atoms with Crippen LogP contribution in [0.3, 0.4) is 0 Å². The highest BCUT2D eigenvalue weighted by Gasteiger charge is 2.33. The van der Waals surface area contributed by atoms with Crippen LogP contribution in [-0.4, -0.2) is 36.6 Å². The van der Waals surface area contributed by atoms with Crippen LogP contribution in [-0.2, 0) is 0 Å². The first-order valence-electron chi connectivity index (χ1n) is 8.47. The summed E-state index contributed by atoms with van der Waals surface area (Å²) < 4.78 is 0. The maximum absolute atomic E-state index is 3.80. The molecule has 19 heavy (non-hydrogen) atoms. The molecule has 2 atom stereocenters. The fourth-order valence-electron chi connectivity index (χ4n) is 3.64. The van der Waals surface area contributed by atoms with E-state index in [1.807, 2.05) is 0 Å². The largest absolute Gasteiger partial charge is 0.312 e. The van der Waals surface area contributed by atoms with Crippen molar-refractivity contribution in [1.82, 2.24) is 10.2 Å². The third kappa shape index (κ3) is 4.46. The quantitative estimate of drug-likeness (QED) is 0.817. The summed E-state index contributed by atoms with van der Waals surface area (Å²) in [6.45, 7) is 13.1. The monoisotopic (exact) mass is 266 g/mol. The minimum atomic E-state index is 0.403. The lowest BCUT2D eigenvalue weighted by Gasteiger charge is -2.45. The Labute approximate surface area is 120 Å². The summed E-state index contributed by atoms with van der Waals surface area (Å²) in [5.74, 6) is 1.01. The summed E-state index contributed by atoms with van der Waals surface area (Å²) in [5.41, 5.74) is 0.403. The van der Waals surface area contributed by atoms with Gasteiger partial charge in [-0.25, -0.2) is 0 Å². The zero-order valence-corrected chi connectivity index (χ0v) is 13.5. The van der Waals surface area contributed by atoms with Crippen molar-refractivity contribution in [3.63, 3.8) is 0 Å².